The number of nitrogens with zero attached hydrogens (tertiary/aromatic N) is 2. The van der Waals surface area contributed by atoms with Gasteiger partial charge in [0.25, 0.3) is 0 Å². The Morgan fingerprint density at radius 1 is 0.889 bits per heavy atom. The molecule has 0 aliphatic carbocycles. The predicted molar refractivity (Wildman–Crippen MR) is 130 cm³/mol. The van der Waals surface area contributed by atoms with Gasteiger partial charge in [-0.15, -0.1) is 0 Å². The molecule has 5 unspecified atom stereocenters. The number of aliphatic carboxylic acids is 1. The van der Waals surface area contributed by atoms with Crippen molar-refractivity contribution in [1.29, 1.82) is 0 Å². The third-order valence-corrected chi connectivity index (χ3v) is 6.01. The fourth-order valence-corrected chi connectivity index (χ4v) is 3.47. The van der Waals surface area contributed by atoms with Crippen LogP contribution in [0.2, 0.25) is 0 Å². The molecular formula is C23H36N8O5. The van der Waals surface area contributed by atoms with Gasteiger partial charge in [-0.3, -0.25) is 14.4 Å². The standard InChI is InChI=1S/C23H36N8O5/c1-5-13(4)18(24)22(34)30-16(6-14-8-25-10-27-14)20(32)29-17(7-15-9-26-11-28-15)21(33)31-19(12(2)3)23(35)36/h8-13,16-19H,5-7,24H2,1-4H3,(H,25,27)(H,26,28)(H,29,32)(H,30,34)(H,31,33)(H,35,36). The highest BCUT2D eigenvalue weighted by molar-refractivity contribution is 5.94. The highest BCUT2D eigenvalue weighted by Crippen LogP contribution is 2.09. The first-order valence-corrected chi connectivity index (χ1v) is 11.9. The maximum absolute atomic E-state index is 13.3. The number of H-pyrrole nitrogens is 2. The zero-order chi connectivity index (χ0) is 26.8. The van der Waals surface area contributed by atoms with Crippen molar-refractivity contribution in [3.05, 3.63) is 36.4 Å². The molecule has 0 saturated carbocycles. The number of rotatable bonds is 14. The average Bonchev–Trinajstić information content (AvgIpc) is 3.54. The van der Waals surface area contributed by atoms with Gasteiger partial charge in [0, 0.05) is 36.6 Å². The summed E-state index contributed by atoms with van der Waals surface area (Å²) in [5.74, 6) is -3.49. The van der Waals surface area contributed by atoms with Crippen LogP contribution in [0.3, 0.4) is 0 Å². The van der Waals surface area contributed by atoms with Gasteiger partial charge in [-0.05, 0) is 11.8 Å². The SMILES string of the molecule is CCC(C)C(N)C(=O)NC(Cc1cnc[nH]1)C(=O)NC(Cc1cnc[nH]1)C(=O)NC(C(=O)O)C(C)C. The lowest BCUT2D eigenvalue weighted by molar-refractivity contribution is -0.143. The monoisotopic (exact) mass is 504 g/mol. The Balaban J connectivity index is 2.25. The molecule has 36 heavy (non-hydrogen) atoms. The number of nitrogens with two attached hydrogens (primary N) is 1. The minimum absolute atomic E-state index is 0.0269. The van der Waals surface area contributed by atoms with E-state index in [1.165, 1.54) is 25.0 Å². The van der Waals surface area contributed by atoms with Crippen LogP contribution in [0.4, 0.5) is 0 Å². The average molecular weight is 505 g/mol. The normalized spacial score (nSPS) is 15.4. The maximum atomic E-state index is 13.3. The number of carboxylic acid groups (broad SMARTS) is 1. The van der Waals surface area contributed by atoms with Gasteiger partial charge in [0.05, 0.1) is 18.7 Å². The van der Waals surface area contributed by atoms with E-state index in [9.17, 15) is 24.3 Å². The van der Waals surface area contributed by atoms with Crippen molar-refractivity contribution in [3.63, 3.8) is 0 Å². The molecule has 198 valence electrons. The van der Waals surface area contributed by atoms with Gasteiger partial charge < -0.3 is 36.8 Å². The number of carboxylic acids is 1. The van der Waals surface area contributed by atoms with E-state index in [0.29, 0.717) is 17.8 Å². The van der Waals surface area contributed by atoms with Crippen LogP contribution in [-0.2, 0) is 32.0 Å². The van der Waals surface area contributed by atoms with Crippen molar-refractivity contribution in [1.82, 2.24) is 35.9 Å². The lowest BCUT2D eigenvalue weighted by atomic mass is 9.98. The number of aromatic nitrogens is 4. The van der Waals surface area contributed by atoms with Crippen molar-refractivity contribution >= 4 is 23.7 Å². The van der Waals surface area contributed by atoms with Crippen molar-refractivity contribution in [2.45, 2.75) is 71.1 Å². The number of hydrogen-bond donors (Lipinski definition) is 7. The van der Waals surface area contributed by atoms with Crippen molar-refractivity contribution < 1.29 is 24.3 Å². The van der Waals surface area contributed by atoms with Gasteiger partial charge in [0.2, 0.25) is 17.7 Å². The van der Waals surface area contributed by atoms with Gasteiger partial charge in [0.1, 0.15) is 18.1 Å². The molecule has 3 amide bonds. The lowest BCUT2D eigenvalue weighted by Crippen LogP contribution is -2.59. The molecule has 2 aromatic heterocycles. The van der Waals surface area contributed by atoms with E-state index in [-0.39, 0.29) is 24.7 Å². The van der Waals surface area contributed by atoms with E-state index in [0.717, 1.165) is 0 Å². The molecule has 0 spiro atoms. The Bertz CT molecular complexity index is 992. The summed E-state index contributed by atoms with van der Waals surface area (Å²) in [7, 11) is 0. The zero-order valence-corrected chi connectivity index (χ0v) is 20.9. The number of aromatic amines is 2. The summed E-state index contributed by atoms with van der Waals surface area (Å²) in [6, 6.07) is -4.17. The minimum atomic E-state index is -1.19. The molecule has 5 atom stereocenters. The number of hydrogen-bond acceptors (Lipinski definition) is 7. The second kappa shape index (κ2) is 13.4. The maximum Gasteiger partial charge on any atom is 0.326 e. The summed E-state index contributed by atoms with van der Waals surface area (Å²) in [6.07, 6.45) is 6.68. The van der Waals surface area contributed by atoms with Gasteiger partial charge in [-0.2, -0.15) is 0 Å². The molecule has 8 N–H and O–H groups in total. The van der Waals surface area contributed by atoms with Gasteiger partial charge in [0.15, 0.2) is 0 Å². The van der Waals surface area contributed by atoms with Crippen molar-refractivity contribution in [3.8, 4) is 0 Å². The van der Waals surface area contributed by atoms with E-state index in [1.54, 1.807) is 13.8 Å². The van der Waals surface area contributed by atoms with Crippen molar-refractivity contribution in [2.24, 2.45) is 17.6 Å². The van der Waals surface area contributed by atoms with Crippen LogP contribution in [0.5, 0.6) is 0 Å². The molecule has 2 rings (SSSR count). The van der Waals surface area contributed by atoms with Crippen LogP contribution in [0.25, 0.3) is 0 Å². The highest BCUT2D eigenvalue weighted by Gasteiger charge is 2.32. The van der Waals surface area contributed by atoms with Crippen LogP contribution in [0.15, 0.2) is 25.0 Å². The Labute approximate surface area is 209 Å². The van der Waals surface area contributed by atoms with E-state index in [1.807, 2.05) is 13.8 Å². The molecule has 2 heterocycles. The number of carbonyl (C=O) groups is 4. The molecular weight excluding hydrogens is 468 g/mol. The van der Waals surface area contributed by atoms with Crippen LogP contribution >= 0.6 is 0 Å². The number of amides is 3. The Hall–Kier alpha value is -3.74. The Kier molecular flexibility index (Phi) is 10.6. The van der Waals surface area contributed by atoms with Gasteiger partial charge >= 0.3 is 5.97 Å². The van der Waals surface area contributed by atoms with Crippen LogP contribution < -0.4 is 21.7 Å². The van der Waals surface area contributed by atoms with E-state index in [4.69, 9.17) is 5.73 Å². The zero-order valence-electron chi connectivity index (χ0n) is 20.9. The molecule has 0 radical (unpaired) electrons. The lowest BCUT2D eigenvalue weighted by Gasteiger charge is -2.26. The van der Waals surface area contributed by atoms with Crippen LogP contribution in [0.1, 0.15) is 45.5 Å². The summed E-state index contributed by atoms with van der Waals surface area (Å²) < 4.78 is 0. The highest BCUT2D eigenvalue weighted by atomic mass is 16.4. The first kappa shape index (κ1) is 28.5. The predicted octanol–water partition coefficient (Wildman–Crippen LogP) is -0.514. The Morgan fingerprint density at radius 2 is 1.36 bits per heavy atom. The molecule has 0 aromatic carbocycles. The van der Waals surface area contributed by atoms with Crippen molar-refractivity contribution in [2.75, 3.05) is 0 Å². The third-order valence-electron chi connectivity index (χ3n) is 6.01. The fraction of sp³-hybridized carbons (Fsp3) is 0.565. The molecule has 0 saturated heterocycles. The van der Waals surface area contributed by atoms with E-state index < -0.39 is 47.9 Å². The Morgan fingerprint density at radius 3 is 1.75 bits per heavy atom. The molecule has 0 fully saturated rings. The second-order valence-corrected chi connectivity index (χ2v) is 9.16. The summed E-state index contributed by atoms with van der Waals surface area (Å²) in [5.41, 5.74) is 7.20. The first-order valence-electron chi connectivity index (χ1n) is 11.9. The molecule has 0 aliphatic heterocycles. The minimum Gasteiger partial charge on any atom is -0.480 e. The van der Waals surface area contributed by atoms with Crippen LogP contribution in [-0.4, -0.2) is 72.9 Å². The molecule has 13 nitrogen and oxygen atoms in total. The number of nitrogens with one attached hydrogen (secondary N) is 5. The number of carbonyl (C=O) groups excluding carboxylic acids is 3. The first-order chi connectivity index (χ1) is 17.0. The molecule has 0 bridgehead atoms. The second-order valence-electron chi connectivity index (χ2n) is 9.16. The topological polar surface area (TPSA) is 208 Å². The summed E-state index contributed by atoms with van der Waals surface area (Å²) >= 11 is 0. The van der Waals surface area contributed by atoms with E-state index >= 15 is 0 Å². The quantitative estimate of drug-likeness (QED) is 0.178. The fourth-order valence-electron chi connectivity index (χ4n) is 3.47. The van der Waals surface area contributed by atoms with Crippen LogP contribution in [0, 0.1) is 11.8 Å². The number of imidazole rings is 2. The summed E-state index contributed by atoms with van der Waals surface area (Å²) in [6.45, 7) is 7.08. The van der Waals surface area contributed by atoms with Gasteiger partial charge in [-0.25, -0.2) is 14.8 Å². The third kappa shape index (κ3) is 8.18. The molecule has 2 aromatic rings. The molecule has 13 heteroatoms. The molecule has 0 aliphatic rings. The van der Waals surface area contributed by atoms with Gasteiger partial charge in [-0.1, -0.05) is 34.1 Å². The summed E-state index contributed by atoms with van der Waals surface area (Å²) in [5, 5.41) is 17.3. The summed E-state index contributed by atoms with van der Waals surface area (Å²) in [4.78, 5) is 64.4. The smallest absolute Gasteiger partial charge is 0.326 e. The largest absolute Gasteiger partial charge is 0.480 e. The van der Waals surface area contributed by atoms with E-state index in [2.05, 4.69) is 35.9 Å².